The molecule has 114 valence electrons. The highest BCUT2D eigenvalue weighted by Crippen LogP contribution is 2.18. The van der Waals surface area contributed by atoms with Crippen LogP contribution in [0.4, 0.5) is 5.82 Å². The number of hydrogen-bond acceptors (Lipinski definition) is 5. The third-order valence-electron chi connectivity index (χ3n) is 3.50. The maximum absolute atomic E-state index is 12.0. The monoisotopic (exact) mass is 308 g/mol. The van der Waals surface area contributed by atoms with Crippen LogP contribution in [-0.2, 0) is 4.79 Å². The van der Waals surface area contributed by atoms with Crippen LogP contribution >= 0.6 is 11.8 Å². The summed E-state index contributed by atoms with van der Waals surface area (Å²) >= 11 is 1.68. The van der Waals surface area contributed by atoms with E-state index in [9.17, 15) is 9.59 Å². The predicted molar refractivity (Wildman–Crippen MR) is 84.5 cm³/mol. The zero-order valence-corrected chi connectivity index (χ0v) is 12.9. The second-order valence-electron chi connectivity index (χ2n) is 4.85. The Labute approximate surface area is 128 Å². The molecule has 0 spiro atoms. The molecule has 0 aromatic carbocycles. The van der Waals surface area contributed by atoms with E-state index in [1.807, 2.05) is 16.1 Å². The van der Waals surface area contributed by atoms with Crippen molar-refractivity contribution in [3.63, 3.8) is 0 Å². The van der Waals surface area contributed by atoms with Gasteiger partial charge in [-0.1, -0.05) is 0 Å². The zero-order valence-electron chi connectivity index (χ0n) is 12.1. The van der Waals surface area contributed by atoms with Gasteiger partial charge in [-0.25, -0.2) is 4.98 Å². The van der Waals surface area contributed by atoms with E-state index >= 15 is 0 Å². The highest BCUT2D eigenvalue weighted by molar-refractivity contribution is 7.98. The maximum Gasteiger partial charge on any atom is 0.252 e. The number of carbonyl (C=O) groups excluding carboxylic acids is 2. The third-order valence-corrected chi connectivity index (χ3v) is 4.12. The van der Waals surface area contributed by atoms with E-state index in [0.29, 0.717) is 44.0 Å². The summed E-state index contributed by atoms with van der Waals surface area (Å²) in [6, 6.07) is 3.38. The van der Waals surface area contributed by atoms with Gasteiger partial charge in [0.15, 0.2) is 0 Å². The fraction of sp³-hybridized carbons (Fsp3) is 0.500. The summed E-state index contributed by atoms with van der Waals surface area (Å²) < 4.78 is 0. The van der Waals surface area contributed by atoms with Crippen molar-refractivity contribution in [2.24, 2.45) is 5.73 Å². The van der Waals surface area contributed by atoms with Gasteiger partial charge in [-0.05, 0) is 18.4 Å². The Morgan fingerprint density at radius 3 is 2.67 bits per heavy atom. The predicted octanol–water partition coefficient (Wildman–Crippen LogP) is 0.582. The van der Waals surface area contributed by atoms with Crippen LogP contribution in [0.15, 0.2) is 18.3 Å². The quantitative estimate of drug-likeness (QED) is 0.861. The van der Waals surface area contributed by atoms with Crippen LogP contribution in [0.3, 0.4) is 0 Å². The summed E-state index contributed by atoms with van der Waals surface area (Å²) in [7, 11) is 0. The molecule has 6 nitrogen and oxygen atoms in total. The first kappa shape index (κ1) is 15.6. The number of rotatable bonds is 5. The Balaban J connectivity index is 1.98. The fourth-order valence-electron chi connectivity index (χ4n) is 2.36. The van der Waals surface area contributed by atoms with Crippen molar-refractivity contribution in [2.45, 2.75) is 6.42 Å². The van der Waals surface area contributed by atoms with Gasteiger partial charge in [0.05, 0.1) is 5.56 Å². The van der Waals surface area contributed by atoms with Crippen LogP contribution in [0.5, 0.6) is 0 Å². The Bertz CT molecular complexity index is 515. The molecule has 2 N–H and O–H groups in total. The molecule has 0 unspecified atom stereocenters. The number of hydrogen-bond donors (Lipinski definition) is 1. The van der Waals surface area contributed by atoms with Gasteiger partial charge in [0.25, 0.3) is 5.91 Å². The number of nitrogens with zero attached hydrogens (tertiary/aromatic N) is 3. The molecule has 1 fully saturated rings. The van der Waals surface area contributed by atoms with Gasteiger partial charge in [-0.15, -0.1) is 0 Å². The number of piperazine rings is 1. The lowest BCUT2D eigenvalue weighted by atomic mass is 10.2. The highest BCUT2D eigenvalue weighted by atomic mass is 32.2. The first-order valence-electron chi connectivity index (χ1n) is 6.90. The molecule has 0 radical (unpaired) electrons. The Morgan fingerprint density at radius 2 is 2.05 bits per heavy atom. The molecule has 2 rings (SSSR count). The van der Waals surface area contributed by atoms with Crippen LogP contribution in [-0.4, -0.2) is 59.9 Å². The fourth-order valence-corrected chi connectivity index (χ4v) is 2.74. The lowest BCUT2D eigenvalue weighted by molar-refractivity contribution is -0.131. The Morgan fingerprint density at radius 1 is 1.33 bits per heavy atom. The smallest absolute Gasteiger partial charge is 0.252 e. The third kappa shape index (κ3) is 3.87. The molecule has 2 heterocycles. The normalized spacial score (nSPS) is 15.1. The van der Waals surface area contributed by atoms with Crippen LogP contribution in [0.1, 0.15) is 16.8 Å². The van der Waals surface area contributed by atoms with Crippen molar-refractivity contribution in [3.05, 3.63) is 23.9 Å². The van der Waals surface area contributed by atoms with Gasteiger partial charge in [-0.3, -0.25) is 9.59 Å². The number of carbonyl (C=O) groups is 2. The first-order chi connectivity index (χ1) is 10.1. The first-order valence-corrected chi connectivity index (χ1v) is 8.29. The minimum absolute atomic E-state index is 0.195. The summed E-state index contributed by atoms with van der Waals surface area (Å²) in [6.45, 7) is 2.65. The van der Waals surface area contributed by atoms with Crippen molar-refractivity contribution in [2.75, 3.05) is 43.1 Å². The number of aromatic nitrogens is 1. The number of nitrogens with two attached hydrogens (primary N) is 1. The van der Waals surface area contributed by atoms with E-state index in [0.717, 1.165) is 5.75 Å². The second kappa shape index (κ2) is 7.31. The molecule has 7 heteroatoms. The molecular formula is C14H20N4O2S. The zero-order chi connectivity index (χ0) is 15.2. The molecule has 1 aromatic heterocycles. The van der Waals surface area contributed by atoms with E-state index < -0.39 is 5.91 Å². The second-order valence-corrected chi connectivity index (χ2v) is 5.84. The molecule has 0 saturated carbocycles. The van der Waals surface area contributed by atoms with E-state index in [1.54, 1.807) is 30.1 Å². The molecule has 0 atom stereocenters. The molecule has 1 aromatic rings. The van der Waals surface area contributed by atoms with Crippen molar-refractivity contribution < 1.29 is 9.59 Å². The molecule has 21 heavy (non-hydrogen) atoms. The number of amides is 2. The minimum Gasteiger partial charge on any atom is -0.365 e. The van der Waals surface area contributed by atoms with Crippen molar-refractivity contribution in [1.29, 1.82) is 0 Å². The van der Waals surface area contributed by atoms with Crippen LogP contribution in [0.25, 0.3) is 0 Å². The van der Waals surface area contributed by atoms with E-state index in [4.69, 9.17) is 5.73 Å². The Kier molecular flexibility index (Phi) is 5.44. The maximum atomic E-state index is 12.0. The standard InChI is InChI=1S/C14H20N4O2S/c1-21-10-4-12(19)17-6-8-18(9-7-17)14-11(13(15)20)3-2-5-16-14/h2-3,5H,4,6-10H2,1H3,(H2,15,20). The number of primary amides is 1. The van der Waals surface area contributed by atoms with Gasteiger partial charge in [0.1, 0.15) is 5.82 Å². The van der Waals surface area contributed by atoms with Crippen molar-refractivity contribution in [3.8, 4) is 0 Å². The summed E-state index contributed by atoms with van der Waals surface area (Å²) in [5.74, 6) is 1.18. The van der Waals surface area contributed by atoms with E-state index in [1.165, 1.54) is 0 Å². The van der Waals surface area contributed by atoms with Gasteiger partial charge < -0.3 is 15.5 Å². The topological polar surface area (TPSA) is 79.5 Å². The van der Waals surface area contributed by atoms with Gasteiger partial charge >= 0.3 is 0 Å². The van der Waals surface area contributed by atoms with Gasteiger partial charge in [0.2, 0.25) is 5.91 Å². The summed E-state index contributed by atoms with van der Waals surface area (Å²) in [6.07, 6.45) is 4.23. The molecule has 1 aliphatic heterocycles. The van der Waals surface area contributed by atoms with Gasteiger partial charge in [-0.2, -0.15) is 11.8 Å². The van der Waals surface area contributed by atoms with E-state index in [2.05, 4.69) is 4.98 Å². The average molecular weight is 308 g/mol. The summed E-state index contributed by atoms with van der Waals surface area (Å²) in [5.41, 5.74) is 5.81. The number of thioether (sulfide) groups is 1. The SMILES string of the molecule is CSCCC(=O)N1CCN(c2ncccc2C(N)=O)CC1. The molecule has 0 aliphatic carbocycles. The van der Waals surface area contributed by atoms with Crippen molar-refractivity contribution in [1.82, 2.24) is 9.88 Å². The number of anilines is 1. The van der Waals surface area contributed by atoms with E-state index in [-0.39, 0.29) is 5.91 Å². The van der Waals surface area contributed by atoms with Crippen molar-refractivity contribution >= 4 is 29.4 Å². The molecule has 2 amide bonds. The summed E-state index contributed by atoms with van der Waals surface area (Å²) in [4.78, 5) is 31.6. The highest BCUT2D eigenvalue weighted by Gasteiger charge is 2.23. The largest absolute Gasteiger partial charge is 0.365 e. The molecule has 0 bridgehead atoms. The van der Waals surface area contributed by atoms with Crippen LogP contribution in [0, 0.1) is 0 Å². The summed E-state index contributed by atoms with van der Waals surface area (Å²) in [5, 5.41) is 0. The van der Waals surface area contributed by atoms with Crippen LogP contribution in [0.2, 0.25) is 0 Å². The van der Waals surface area contributed by atoms with Crippen LogP contribution < -0.4 is 10.6 Å². The lowest BCUT2D eigenvalue weighted by Gasteiger charge is -2.36. The average Bonchev–Trinajstić information content (AvgIpc) is 2.52. The molecule has 1 aliphatic rings. The number of pyridine rings is 1. The Hall–Kier alpha value is -1.76. The molecular weight excluding hydrogens is 288 g/mol. The lowest BCUT2D eigenvalue weighted by Crippen LogP contribution is -2.49. The molecule has 1 saturated heterocycles. The minimum atomic E-state index is -0.475. The van der Waals surface area contributed by atoms with Gasteiger partial charge in [0, 0.05) is 44.5 Å².